The van der Waals surface area contributed by atoms with E-state index in [2.05, 4.69) is 5.32 Å². The molecule has 0 spiro atoms. The van der Waals surface area contributed by atoms with E-state index in [0.717, 1.165) is 0 Å². The summed E-state index contributed by atoms with van der Waals surface area (Å²) in [5.41, 5.74) is -4.41. The normalized spacial score (nSPS) is 27.6. The maximum Gasteiger partial charge on any atom is 0.316 e. The Hall–Kier alpha value is -3.63. The van der Waals surface area contributed by atoms with Crippen LogP contribution in [0.25, 0.3) is 0 Å². The van der Waals surface area contributed by atoms with E-state index >= 15 is 0 Å². The van der Waals surface area contributed by atoms with Gasteiger partial charge in [0.25, 0.3) is 0 Å². The summed E-state index contributed by atoms with van der Waals surface area (Å²) in [6, 6.07) is 1.31. The molecule has 2 bridgehead atoms. The Balaban J connectivity index is 1.99. The summed E-state index contributed by atoms with van der Waals surface area (Å²) in [6.45, 7) is 7.79. The molecule has 0 saturated heterocycles. The number of aliphatic hydroxyl groups excluding tert-OH is 1. The van der Waals surface area contributed by atoms with Crippen molar-refractivity contribution in [1.29, 1.82) is 0 Å². The van der Waals surface area contributed by atoms with Crippen molar-refractivity contribution in [2.75, 3.05) is 0 Å². The first-order valence-corrected chi connectivity index (χ1v) is 13.9. The first-order chi connectivity index (χ1) is 19.1. The van der Waals surface area contributed by atoms with E-state index in [0.29, 0.717) is 12.8 Å². The fourth-order valence-electron chi connectivity index (χ4n) is 5.79. The van der Waals surface area contributed by atoms with Gasteiger partial charge in [-0.2, -0.15) is 0 Å². The molecule has 0 unspecified atom stereocenters. The minimum Gasteiger partial charge on any atom is -0.507 e. The van der Waals surface area contributed by atoms with Crippen molar-refractivity contribution >= 4 is 29.2 Å². The number of allylic oxidation sites excluding steroid dienone is 2. The molecule has 0 saturated carbocycles. The number of nitrogens with one attached hydrogen (secondary N) is 1. The fourth-order valence-corrected chi connectivity index (χ4v) is 5.79. The highest BCUT2D eigenvalue weighted by Crippen LogP contribution is 2.45. The van der Waals surface area contributed by atoms with Gasteiger partial charge >= 0.3 is 5.97 Å². The van der Waals surface area contributed by atoms with Crippen molar-refractivity contribution in [1.82, 2.24) is 5.32 Å². The van der Waals surface area contributed by atoms with Gasteiger partial charge in [-0.15, -0.1) is 0 Å². The molecule has 1 aliphatic carbocycles. The zero-order valence-corrected chi connectivity index (χ0v) is 24.0. The second-order valence-corrected chi connectivity index (χ2v) is 12.1. The average Bonchev–Trinajstić information content (AvgIpc) is 3.03. The first kappa shape index (κ1) is 30.3. The molecule has 1 aromatic carbocycles. The zero-order valence-electron chi connectivity index (χ0n) is 24.0. The lowest BCUT2D eigenvalue weighted by atomic mass is 9.69. The van der Waals surface area contributed by atoms with Crippen LogP contribution in [0.15, 0.2) is 29.5 Å². The number of Topliss-reactive ketones (excluding diaryl/α,β-unsaturated/α-hetero) is 3. The predicted molar refractivity (Wildman–Crippen MR) is 147 cm³/mol. The van der Waals surface area contributed by atoms with Gasteiger partial charge in [-0.25, -0.2) is 0 Å². The minimum atomic E-state index is -1.84. The summed E-state index contributed by atoms with van der Waals surface area (Å²) < 4.78 is 5.80. The number of hydrogen-bond acceptors (Lipinski definition) is 9. The smallest absolute Gasteiger partial charge is 0.316 e. The van der Waals surface area contributed by atoms with Crippen LogP contribution in [0.4, 0.5) is 0 Å². The second kappa shape index (κ2) is 11.0. The molecule has 220 valence electrons. The largest absolute Gasteiger partial charge is 0.507 e. The monoisotopic (exact) mass is 567 g/mol. The number of carbonyl (C=O) groups is 5. The number of cyclic esters (lactones) is 1. The van der Waals surface area contributed by atoms with E-state index in [1.807, 2.05) is 6.92 Å². The van der Waals surface area contributed by atoms with E-state index < -0.39 is 58.2 Å². The number of carbonyl (C=O) groups excluding carboxylic acids is 5. The Kier molecular flexibility index (Phi) is 8.12. The number of aryl methyl sites for hydroxylation is 1. The number of benzene rings is 1. The summed E-state index contributed by atoms with van der Waals surface area (Å²) in [4.78, 5) is 68.4. The number of ether oxygens (including phenoxy) is 1. The molecule has 2 aliphatic heterocycles. The van der Waals surface area contributed by atoms with Gasteiger partial charge in [0.05, 0.1) is 22.3 Å². The molecule has 10 heteroatoms. The second-order valence-electron chi connectivity index (χ2n) is 12.1. The molecule has 0 radical (unpaired) electrons. The number of aliphatic hydroxyl groups is 2. The third kappa shape index (κ3) is 5.63. The van der Waals surface area contributed by atoms with E-state index in [4.69, 9.17) is 4.74 Å². The van der Waals surface area contributed by atoms with Crippen molar-refractivity contribution in [2.24, 2.45) is 11.3 Å². The Labute approximate surface area is 238 Å². The molecular formula is C31H37NO9. The number of hydrogen-bond donors (Lipinski definition) is 4. The SMILES string of the molecule is CC[C@H]1C=C[C@H](O)[C@H](CC(C)(C)O)OC(=O)[C@]2(C)CCC(=O)NC3=C2C(=O)c2c(cc(C)c(O)c2C(=O)CC1)C3=O. The van der Waals surface area contributed by atoms with Crippen LogP contribution in [0.3, 0.4) is 0 Å². The Morgan fingerprint density at radius 3 is 2.39 bits per heavy atom. The highest BCUT2D eigenvalue weighted by atomic mass is 16.6. The summed E-state index contributed by atoms with van der Waals surface area (Å²) >= 11 is 0. The lowest BCUT2D eigenvalue weighted by Gasteiger charge is -2.35. The van der Waals surface area contributed by atoms with E-state index in [-0.39, 0.29) is 65.1 Å². The molecule has 10 nitrogen and oxygen atoms in total. The van der Waals surface area contributed by atoms with Crippen molar-refractivity contribution in [3.63, 3.8) is 0 Å². The summed E-state index contributed by atoms with van der Waals surface area (Å²) in [7, 11) is 0. The minimum absolute atomic E-state index is 0.0632. The van der Waals surface area contributed by atoms with Gasteiger partial charge in [-0.05, 0) is 64.5 Å². The molecule has 4 N–H and O–H groups in total. The van der Waals surface area contributed by atoms with E-state index in [1.54, 1.807) is 6.08 Å². The van der Waals surface area contributed by atoms with Gasteiger partial charge in [-0.3, -0.25) is 24.0 Å². The van der Waals surface area contributed by atoms with Crippen LogP contribution in [-0.4, -0.2) is 62.4 Å². The van der Waals surface area contributed by atoms with E-state index in [9.17, 15) is 39.3 Å². The van der Waals surface area contributed by atoms with Crippen LogP contribution in [0.2, 0.25) is 0 Å². The Morgan fingerprint density at radius 2 is 1.76 bits per heavy atom. The predicted octanol–water partition coefficient (Wildman–Crippen LogP) is 3.24. The first-order valence-electron chi connectivity index (χ1n) is 13.9. The molecule has 4 atom stereocenters. The quantitative estimate of drug-likeness (QED) is 0.317. The number of esters is 1. The van der Waals surface area contributed by atoms with Crippen molar-refractivity contribution in [3.05, 3.63) is 51.7 Å². The maximum absolute atomic E-state index is 14.3. The number of ketones is 3. The van der Waals surface area contributed by atoms with Gasteiger partial charge in [0.1, 0.15) is 18.0 Å². The summed E-state index contributed by atoms with van der Waals surface area (Å²) in [5.74, 6) is -4.29. The standard InChI is InChI=1S/C31H37NO9/c1-6-16-7-9-18(33)20(14-30(3,4)40)41-29(39)31(5)12-11-21(35)32-25-24(31)28(38)22-17(27(25)37)13-15(2)26(36)23(22)19(34)10-8-16/h7,9,13,16,18,20,33,36,40H,6,8,10-12,14H2,1-5H3,(H,32,35)/t16-,18-,20-,31+/m0/s1. The van der Waals surface area contributed by atoms with Gasteiger partial charge in [0, 0.05) is 36.0 Å². The van der Waals surface area contributed by atoms with Gasteiger partial charge in [-0.1, -0.05) is 19.1 Å². The third-order valence-corrected chi connectivity index (χ3v) is 8.25. The van der Waals surface area contributed by atoms with Gasteiger partial charge < -0.3 is 25.4 Å². The van der Waals surface area contributed by atoms with Crippen LogP contribution in [-0.2, 0) is 14.3 Å². The summed E-state index contributed by atoms with van der Waals surface area (Å²) in [5, 5.41) is 35.0. The number of phenolic OH excluding ortho intramolecular Hbond substituents is 1. The Bertz CT molecular complexity index is 1400. The highest BCUT2D eigenvalue weighted by molar-refractivity contribution is 6.32. The number of rotatable bonds is 3. The van der Waals surface area contributed by atoms with Gasteiger partial charge in [0.15, 0.2) is 11.6 Å². The van der Waals surface area contributed by atoms with Crippen LogP contribution >= 0.6 is 0 Å². The van der Waals surface area contributed by atoms with Gasteiger partial charge in [0.2, 0.25) is 11.7 Å². The lowest BCUT2D eigenvalue weighted by molar-refractivity contribution is -0.166. The number of aromatic hydroxyl groups is 1. The molecule has 4 rings (SSSR count). The topological polar surface area (TPSA) is 167 Å². The lowest BCUT2D eigenvalue weighted by Crippen LogP contribution is -2.44. The molecule has 3 aliphatic rings. The van der Waals surface area contributed by atoms with Crippen molar-refractivity contribution in [3.8, 4) is 5.75 Å². The Morgan fingerprint density at radius 1 is 1.07 bits per heavy atom. The number of amides is 1. The average molecular weight is 568 g/mol. The zero-order chi connectivity index (χ0) is 30.4. The third-order valence-electron chi connectivity index (χ3n) is 8.25. The molecule has 1 aromatic rings. The van der Waals surface area contributed by atoms with Crippen molar-refractivity contribution in [2.45, 2.75) is 91.0 Å². The molecule has 41 heavy (non-hydrogen) atoms. The molecular weight excluding hydrogens is 530 g/mol. The van der Waals surface area contributed by atoms with Crippen LogP contribution in [0, 0.1) is 18.3 Å². The molecule has 2 heterocycles. The van der Waals surface area contributed by atoms with Crippen LogP contribution in [0.1, 0.15) is 103 Å². The highest BCUT2D eigenvalue weighted by Gasteiger charge is 2.52. The van der Waals surface area contributed by atoms with E-state index in [1.165, 1.54) is 39.8 Å². The fraction of sp³-hybridized carbons (Fsp3) is 0.516. The maximum atomic E-state index is 14.3. The summed E-state index contributed by atoms with van der Waals surface area (Å²) in [6.07, 6.45) is 0.922. The van der Waals surface area contributed by atoms with Crippen LogP contribution in [0.5, 0.6) is 5.75 Å². The van der Waals surface area contributed by atoms with Crippen molar-refractivity contribution < 1.29 is 44.0 Å². The molecule has 0 aromatic heterocycles. The molecule has 1 amide bonds. The van der Waals surface area contributed by atoms with Crippen LogP contribution < -0.4 is 5.32 Å². The number of phenols is 1. The molecule has 0 fully saturated rings.